The van der Waals surface area contributed by atoms with Gasteiger partial charge in [-0.15, -0.1) is 0 Å². The molecule has 75 heavy (non-hydrogen) atoms. The molecule has 0 spiro atoms. The van der Waals surface area contributed by atoms with Crippen LogP contribution in [0, 0.1) is 0 Å². The highest BCUT2D eigenvalue weighted by atomic mass is 16.6. The zero-order chi connectivity index (χ0) is 54.3. The molecule has 0 amide bonds. The zero-order valence-corrected chi connectivity index (χ0v) is 50.3. The highest BCUT2D eigenvalue weighted by Gasteiger charge is 2.19. The molecule has 0 rings (SSSR count). The number of hydrogen-bond acceptors (Lipinski definition) is 6. The molecule has 0 saturated carbocycles. The Kier molecular flexibility index (Phi) is 61.7. The third kappa shape index (κ3) is 62.1. The molecule has 0 aromatic heterocycles. The Labute approximate surface area is 467 Å². The van der Waals surface area contributed by atoms with Crippen LogP contribution in [0.25, 0.3) is 0 Å². The third-order valence-electron chi connectivity index (χ3n) is 14.8. The average Bonchev–Trinajstić information content (AvgIpc) is 3.41. The molecular weight excluding hydrogens is 925 g/mol. The number of ether oxygens (including phenoxy) is 3. The lowest BCUT2D eigenvalue weighted by Gasteiger charge is -2.18. The molecule has 1 unspecified atom stereocenters. The van der Waals surface area contributed by atoms with Gasteiger partial charge < -0.3 is 14.2 Å². The van der Waals surface area contributed by atoms with Gasteiger partial charge in [-0.3, -0.25) is 14.4 Å². The van der Waals surface area contributed by atoms with Crippen LogP contribution in [0.1, 0.15) is 355 Å². The SMILES string of the molecule is CC/C=C\C/C=C\C/C=C\C/C=C\CCCCCCCCCCC(=O)OC(COC(=O)CCCCCCCCC)COC(=O)CCCCCCCCCCCCCCCCCCCCCCCCCCCCCCC. The Morgan fingerprint density at radius 1 is 0.280 bits per heavy atom. The summed E-state index contributed by atoms with van der Waals surface area (Å²) in [5.74, 6) is -0.868. The van der Waals surface area contributed by atoms with Crippen molar-refractivity contribution >= 4 is 17.9 Å². The number of carbonyl (C=O) groups excluding carboxylic acids is 3. The first-order chi connectivity index (χ1) is 37.0. The lowest BCUT2D eigenvalue weighted by molar-refractivity contribution is -0.167. The van der Waals surface area contributed by atoms with Crippen LogP contribution in [0.15, 0.2) is 48.6 Å². The van der Waals surface area contributed by atoms with Gasteiger partial charge in [0.15, 0.2) is 6.10 Å². The molecule has 0 aromatic rings. The molecule has 0 aliphatic carbocycles. The normalized spacial score (nSPS) is 12.3. The standard InChI is InChI=1S/C69H126O6/c1-4-7-10-13-16-18-20-22-24-26-28-30-31-32-33-34-35-36-37-39-40-42-44-46-48-50-53-56-59-62-68(71)74-65-66(64-73-67(70)61-58-55-52-15-12-9-6-3)75-69(72)63-60-57-54-51-49-47-45-43-41-38-29-27-25-23-21-19-17-14-11-8-5-2/h8,11,17,19,23,25,29,38,66H,4-7,9-10,12-16,18,20-22,24,26-28,30-37,39-65H2,1-3H3/b11-8-,19-17-,25-23-,38-29-. The van der Waals surface area contributed by atoms with Crippen LogP contribution < -0.4 is 0 Å². The van der Waals surface area contributed by atoms with Crippen molar-refractivity contribution in [3.05, 3.63) is 48.6 Å². The number of esters is 3. The first-order valence-electron chi connectivity index (χ1n) is 33.1. The molecule has 438 valence electrons. The van der Waals surface area contributed by atoms with Gasteiger partial charge in [0, 0.05) is 19.3 Å². The van der Waals surface area contributed by atoms with Crippen molar-refractivity contribution in [2.45, 2.75) is 361 Å². The summed E-state index contributed by atoms with van der Waals surface area (Å²) in [5, 5.41) is 0. The van der Waals surface area contributed by atoms with Gasteiger partial charge in [0.1, 0.15) is 13.2 Å². The molecule has 0 fully saturated rings. The van der Waals surface area contributed by atoms with E-state index in [0.29, 0.717) is 19.3 Å². The summed E-state index contributed by atoms with van der Waals surface area (Å²) >= 11 is 0. The van der Waals surface area contributed by atoms with Crippen molar-refractivity contribution in [2.75, 3.05) is 13.2 Å². The fourth-order valence-corrected chi connectivity index (χ4v) is 9.91. The summed E-state index contributed by atoms with van der Waals surface area (Å²) < 4.78 is 16.9. The molecule has 0 bridgehead atoms. The van der Waals surface area contributed by atoms with E-state index in [2.05, 4.69) is 69.4 Å². The maximum Gasteiger partial charge on any atom is 0.306 e. The Morgan fingerprint density at radius 2 is 0.520 bits per heavy atom. The van der Waals surface area contributed by atoms with Crippen molar-refractivity contribution < 1.29 is 28.6 Å². The summed E-state index contributed by atoms with van der Waals surface area (Å²) in [6, 6.07) is 0. The highest BCUT2D eigenvalue weighted by molar-refractivity contribution is 5.71. The Morgan fingerprint density at radius 3 is 0.813 bits per heavy atom. The van der Waals surface area contributed by atoms with Crippen LogP contribution in [0.4, 0.5) is 0 Å². The Bertz CT molecular complexity index is 1300. The minimum atomic E-state index is -0.773. The van der Waals surface area contributed by atoms with E-state index < -0.39 is 6.10 Å². The van der Waals surface area contributed by atoms with Gasteiger partial charge in [-0.25, -0.2) is 0 Å². The Balaban J connectivity index is 4.04. The molecule has 6 heteroatoms. The average molecular weight is 1050 g/mol. The summed E-state index contributed by atoms with van der Waals surface area (Å²) in [5.41, 5.74) is 0. The number of carbonyl (C=O) groups is 3. The van der Waals surface area contributed by atoms with Crippen LogP contribution in [-0.2, 0) is 28.6 Å². The highest BCUT2D eigenvalue weighted by Crippen LogP contribution is 2.18. The van der Waals surface area contributed by atoms with Gasteiger partial charge in [-0.05, 0) is 57.8 Å². The minimum Gasteiger partial charge on any atom is -0.462 e. The topological polar surface area (TPSA) is 78.9 Å². The molecule has 0 radical (unpaired) electrons. The van der Waals surface area contributed by atoms with Gasteiger partial charge in [0.25, 0.3) is 0 Å². The van der Waals surface area contributed by atoms with Gasteiger partial charge in [-0.2, -0.15) is 0 Å². The first kappa shape index (κ1) is 72.4. The fourth-order valence-electron chi connectivity index (χ4n) is 9.91. The predicted octanol–water partition coefficient (Wildman–Crippen LogP) is 22.6. The monoisotopic (exact) mass is 1050 g/mol. The summed E-state index contributed by atoms with van der Waals surface area (Å²) in [6.45, 7) is 6.53. The molecule has 1 atom stereocenters. The van der Waals surface area contributed by atoms with Crippen molar-refractivity contribution in [3.63, 3.8) is 0 Å². The lowest BCUT2D eigenvalue weighted by atomic mass is 10.0. The number of rotatable bonds is 61. The molecule has 0 saturated heterocycles. The largest absolute Gasteiger partial charge is 0.462 e. The van der Waals surface area contributed by atoms with Crippen LogP contribution in [0.5, 0.6) is 0 Å². The number of unbranched alkanes of at least 4 members (excludes halogenated alkanes) is 42. The van der Waals surface area contributed by atoms with Gasteiger partial charge >= 0.3 is 17.9 Å². The molecule has 0 aliphatic heterocycles. The van der Waals surface area contributed by atoms with E-state index >= 15 is 0 Å². The van der Waals surface area contributed by atoms with E-state index in [0.717, 1.165) is 89.9 Å². The van der Waals surface area contributed by atoms with E-state index in [1.807, 2.05) is 0 Å². The molecule has 0 heterocycles. The van der Waals surface area contributed by atoms with E-state index in [1.165, 1.54) is 225 Å². The van der Waals surface area contributed by atoms with Crippen molar-refractivity contribution in [2.24, 2.45) is 0 Å². The lowest BCUT2D eigenvalue weighted by Crippen LogP contribution is -2.30. The smallest absolute Gasteiger partial charge is 0.306 e. The summed E-state index contributed by atoms with van der Waals surface area (Å²) in [6.07, 6.45) is 80.2. The van der Waals surface area contributed by atoms with E-state index in [-0.39, 0.29) is 31.1 Å². The minimum absolute atomic E-state index is 0.0723. The van der Waals surface area contributed by atoms with Crippen molar-refractivity contribution in [1.29, 1.82) is 0 Å². The van der Waals surface area contributed by atoms with Crippen molar-refractivity contribution in [1.82, 2.24) is 0 Å². The second kappa shape index (κ2) is 63.9. The van der Waals surface area contributed by atoms with Crippen LogP contribution in [-0.4, -0.2) is 37.2 Å². The van der Waals surface area contributed by atoms with Gasteiger partial charge in [0.05, 0.1) is 0 Å². The summed E-state index contributed by atoms with van der Waals surface area (Å²) in [4.78, 5) is 38.1. The third-order valence-corrected chi connectivity index (χ3v) is 14.8. The summed E-state index contributed by atoms with van der Waals surface area (Å²) in [7, 11) is 0. The van der Waals surface area contributed by atoms with E-state index in [1.54, 1.807) is 0 Å². The zero-order valence-electron chi connectivity index (χ0n) is 50.3. The quantitative estimate of drug-likeness (QED) is 0.0261. The maximum atomic E-state index is 12.9. The predicted molar refractivity (Wildman–Crippen MR) is 325 cm³/mol. The van der Waals surface area contributed by atoms with E-state index in [4.69, 9.17) is 14.2 Å². The second-order valence-corrected chi connectivity index (χ2v) is 22.4. The van der Waals surface area contributed by atoms with Crippen LogP contribution >= 0.6 is 0 Å². The van der Waals surface area contributed by atoms with Gasteiger partial charge in [-0.1, -0.05) is 326 Å². The first-order valence-corrected chi connectivity index (χ1v) is 33.1. The van der Waals surface area contributed by atoms with E-state index in [9.17, 15) is 14.4 Å². The van der Waals surface area contributed by atoms with Crippen molar-refractivity contribution in [3.8, 4) is 0 Å². The second-order valence-electron chi connectivity index (χ2n) is 22.4. The van der Waals surface area contributed by atoms with Crippen LogP contribution in [0.3, 0.4) is 0 Å². The number of allylic oxidation sites excluding steroid dienone is 8. The Hall–Kier alpha value is -2.63. The fraction of sp³-hybridized carbons (Fsp3) is 0.841. The molecule has 6 nitrogen and oxygen atoms in total. The number of hydrogen-bond donors (Lipinski definition) is 0. The maximum absolute atomic E-state index is 12.9. The molecule has 0 aliphatic rings. The molecular formula is C69H126O6. The van der Waals surface area contributed by atoms with Crippen LogP contribution in [0.2, 0.25) is 0 Å². The molecule has 0 aromatic carbocycles. The molecule has 0 N–H and O–H groups in total. The van der Waals surface area contributed by atoms with Gasteiger partial charge in [0.2, 0.25) is 0 Å².